The molecule has 1 aromatic carbocycles. The Morgan fingerprint density at radius 3 is 2.86 bits per heavy atom. The number of alkyl halides is 1. The maximum absolute atomic E-state index is 5.61. The largest absolute Gasteiger partial charge is 0.382 e. The van der Waals surface area contributed by atoms with Crippen molar-refractivity contribution in [1.82, 2.24) is 0 Å². The van der Waals surface area contributed by atoms with Gasteiger partial charge in [-0.05, 0) is 11.6 Å². The number of hydrogen-bond donors (Lipinski definition) is 2. The van der Waals surface area contributed by atoms with Gasteiger partial charge in [0.05, 0.1) is 11.2 Å². The number of ether oxygens (including phenoxy) is 1. The van der Waals surface area contributed by atoms with Gasteiger partial charge in [0.2, 0.25) is 0 Å². The Labute approximate surface area is 98.2 Å². The molecule has 0 aliphatic rings. The summed E-state index contributed by atoms with van der Waals surface area (Å²) in [7, 11) is 0. The Kier molecular flexibility index (Phi) is 5.89. The third kappa shape index (κ3) is 3.81. The zero-order chi connectivity index (χ0) is 10.2. The van der Waals surface area contributed by atoms with Crippen LogP contribution < -0.4 is 11.1 Å². The first-order valence-electron chi connectivity index (χ1n) is 4.54. The number of para-hydroxylation sites is 1. The number of benzene rings is 1. The van der Waals surface area contributed by atoms with Gasteiger partial charge in [-0.2, -0.15) is 0 Å². The first-order chi connectivity index (χ1) is 6.88. The van der Waals surface area contributed by atoms with E-state index in [4.69, 9.17) is 10.5 Å². The van der Waals surface area contributed by atoms with Gasteiger partial charge in [0, 0.05) is 18.8 Å². The molecule has 0 heterocycles. The van der Waals surface area contributed by atoms with E-state index in [2.05, 4.69) is 27.9 Å². The van der Waals surface area contributed by atoms with Crippen LogP contribution in [0.1, 0.15) is 5.56 Å². The van der Waals surface area contributed by atoms with Crippen LogP contribution in [0.15, 0.2) is 24.3 Å². The number of rotatable bonds is 6. The molecule has 1 aromatic rings. The highest BCUT2D eigenvalue weighted by atomic mass is 127. The van der Waals surface area contributed by atoms with Gasteiger partial charge in [-0.25, -0.2) is 0 Å². The Morgan fingerprint density at radius 1 is 1.36 bits per heavy atom. The number of nitrogens with one attached hydrogen (secondary N) is 1. The van der Waals surface area contributed by atoms with Gasteiger partial charge < -0.3 is 15.8 Å². The number of halogens is 1. The molecule has 0 aliphatic carbocycles. The summed E-state index contributed by atoms with van der Waals surface area (Å²) in [6.07, 6.45) is 0. The highest BCUT2D eigenvalue weighted by Crippen LogP contribution is 2.13. The van der Waals surface area contributed by atoms with Crippen molar-refractivity contribution in [1.29, 1.82) is 0 Å². The lowest BCUT2D eigenvalue weighted by Gasteiger charge is -2.10. The van der Waals surface area contributed by atoms with Gasteiger partial charge in [-0.1, -0.05) is 40.8 Å². The molecule has 0 aromatic heterocycles. The molecule has 3 N–H and O–H groups in total. The molecule has 0 aliphatic heterocycles. The predicted molar refractivity (Wildman–Crippen MR) is 67.7 cm³/mol. The van der Waals surface area contributed by atoms with E-state index in [0.717, 1.165) is 29.0 Å². The average molecular weight is 306 g/mol. The number of anilines is 1. The quantitative estimate of drug-likeness (QED) is 0.480. The monoisotopic (exact) mass is 306 g/mol. The van der Waals surface area contributed by atoms with Crippen molar-refractivity contribution in [2.24, 2.45) is 5.73 Å². The molecule has 0 amide bonds. The van der Waals surface area contributed by atoms with Crippen LogP contribution in [0.4, 0.5) is 5.69 Å². The van der Waals surface area contributed by atoms with E-state index in [1.165, 1.54) is 0 Å². The van der Waals surface area contributed by atoms with Crippen molar-refractivity contribution in [3.8, 4) is 0 Å². The van der Waals surface area contributed by atoms with Gasteiger partial charge in [0.25, 0.3) is 0 Å². The van der Waals surface area contributed by atoms with Crippen molar-refractivity contribution in [3.63, 3.8) is 0 Å². The van der Waals surface area contributed by atoms with E-state index in [-0.39, 0.29) is 0 Å². The molecule has 0 saturated heterocycles. The molecular formula is C10H15IN2O. The average Bonchev–Trinajstić information content (AvgIpc) is 2.25. The molecule has 0 fully saturated rings. The van der Waals surface area contributed by atoms with Crippen LogP contribution in [-0.4, -0.2) is 17.8 Å². The number of nitrogens with two attached hydrogens (primary N) is 1. The Balaban J connectivity index is 2.41. The Hall–Kier alpha value is -0.330. The second kappa shape index (κ2) is 7.03. The van der Waals surface area contributed by atoms with Crippen molar-refractivity contribution in [3.05, 3.63) is 29.8 Å². The van der Waals surface area contributed by atoms with Crippen molar-refractivity contribution in [2.45, 2.75) is 6.54 Å². The molecular weight excluding hydrogens is 291 g/mol. The lowest BCUT2D eigenvalue weighted by atomic mass is 10.2. The molecule has 0 spiro atoms. The van der Waals surface area contributed by atoms with Crippen molar-refractivity contribution < 1.29 is 4.74 Å². The first-order valence-corrected chi connectivity index (χ1v) is 6.06. The van der Waals surface area contributed by atoms with E-state index >= 15 is 0 Å². The normalized spacial score (nSPS) is 10.1. The van der Waals surface area contributed by atoms with Gasteiger partial charge in [0.15, 0.2) is 0 Å². The zero-order valence-electron chi connectivity index (χ0n) is 8.00. The molecule has 14 heavy (non-hydrogen) atoms. The Bertz CT molecular complexity index is 268. The number of hydrogen-bond acceptors (Lipinski definition) is 3. The molecule has 0 bridgehead atoms. The smallest absolute Gasteiger partial charge is 0.0980 e. The minimum Gasteiger partial charge on any atom is -0.382 e. The second-order valence-corrected chi connectivity index (χ2v) is 3.43. The van der Waals surface area contributed by atoms with E-state index < -0.39 is 0 Å². The summed E-state index contributed by atoms with van der Waals surface area (Å²) in [5.41, 5.74) is 7.85. The van der Waals surface area contributed by atoms with Gasteiger partial charge in [-0.3, -0.25) is 0 Å². The Morgan fingerprint density at radius 2 is 2.14 bits per heavy atom. The van der Waals surface area contributed by atoms with Crippen molar-refractivity contribution >= 4 is 28.3 Å². The SMILES string of the molecule is NCc1ccccc1NCCOCI. The van der Waals surface area contributed by atoms with Gasteiger partial charge in [0.1, 0.15) is 0 Å². The first kappa shape index (κ1) is 11.7. The maximum Gasteiger partial charge on any atom is 0.0980 e. The molecule has 3 nitrogen and oxygen atoms in total. The zero-order valence-corrected chi connectivity index (χ0v) is 10.2. The van der Waals surface area contributed by atoms with Crippen LogP contribution in [0, 0.1) is 0 Å². The van der Waals surface area contributed by atoms with Crippen LogP contribution in [0.25, 0.3) is 0 Å². The van der Waals surface area contributed by atoms with E-state index in [9.17, 15) is 0 Å². The van der Waals surface area contributed by atoms with Crippen LogP contribution in [-0.2, 0) is 11.3 Å². The fourth-order valence-corrected chi connectivity index (χ4v) is 1.49. The molecule has 78 valence electrons. The molecule has 0 unspecified atom stereocenters. The van der Waals surface area contributed by atoms with E-state index in [1.807, 2.05) is 24.3 Å². The highest BCUT2D eigenvalue weighted by molar-refractivity contribution is 14.1. The lowest BCUT2D eigenvalue weighted by molar-refractivity contribution is 0.203. The highest BCUT2D eigenvalue weighted by Gasteiger charge is 1.97. The van der Waals surface area contributed by atoms with Crippen LogP contribution in [0.3, 0.4) is 0 Å². The van der Waals surface area contributed by atoms with Crippen LogP contribution in [0.2, 0.25) is 0 Å². The summed E-state index contributed by atoms with van der Waals surface area (Å²) < 4.78 is 5.96. The van der Waals surface area contributed by atoms with Crippen LogP contribution in [0.5, 0.6) is 0 Å². The topological polar surface area (TPSA) is 47.3 Å². The standard InChI is InChI=1S/C10H15IN2O/c11-8-14-6-5-13-10-4-2-1-3-9(10)7-12/h1-4,13H,5-8,12H2. The molecule has 0 atom stereocenters. The molecule has 4 heteroatoms. The minimum atomic E-state index is 0.566. The summed E-state index contributed by atoms with van der Waals surface area (Å²) in [4.78, 5) is 0. The summed E-state index contributed by atoms with van der Waals surface area (Å²) in [5.74, 6) is 0. The molecule has 0 saturated carbocycles. The second-order valence-electron chi connectivity index (χ2n) is 2.81. The van der Waals surface area contributed by atoms with Crippen molar-refractivity contribution in [2.75, 3.05) is 23.1 Å². The van der Waals surface area contributed by atoms with Crippen LogP contribution >= 0.6 is 22.6 Å². The fourth-order valence-electron chi connectivity index (χ4n) is 1.18. The predicted octanol–water partition coefficient (Wildman–Crippen LogP) is 1.97. The molecule has 0 radical (unpaired) electrons. The third-order valence-electron chi connectivity index (χ3n) is 1.88. The maximum atomic E-state index is 5.61. The molecule has 1 rings (SSSR count). The van der Waals surface area contributed by atoms with E-state index in [1.54, 1.807) is 0 Å². The summed E-state index contributed by atoms with van der Waals surface area (Å²) in [5, 5.41) is 3.29. The lowest BCUT2D eigenvalue weighted by Crippen LogP contribution is -2.11. The van der Waals surface area contributed by atoms with Gasteiger partial charge >= 0.3 is 0 Å². The van der Waals surface area contributed by atoms with E-state index in [0.29, 0.717) is 6.54 Å². The summed E-state index contributed by atoms with van der Waals surface area (Å²) >= 11 is 2.19. The summed E-state index contributed by atoms with van der Waals surface area (Å²) in [6, 6.07) is 8.06. The summed E-state index contributed by atoms with van der Waals surface area (Å²) in [6.45, 7) is 2.11. The minimum absolute atomic E-state index is 0.566. The fraction of sp³-hybridized carbons (Fsp3) is 0.400. The van der Waals surface area contributed by atoms with Gasteiger partial charge in [-0.15, -0.1) is 0 Å². The third-order valence-corrected chi connectivity index (χ3v) is 2.32.